The summed E-state index contributed by atoms with van der Waals surface area (Å²) in [6.45, 7) is 0. The van der Waals surface area contributed by atoms with Gasteiger partial charge in [0.2, 0.25) is 5.91 Å². The number of benzene rings is 3. The number of phenolic OH excluding ortho intramolecular Hbond substituents is 1. The monoisotopic (exact) mass is 610 g/mol. The molecule has 2 atom stereocenters. The summed E-state index contributed by atoms with van der Waals surface area (Å²) in [5.74, 6) is -2.59. The van der Waals surface area contributed by atoms with Crippen LogP contribution in [-0.2, 0) is 10.2 Å². The van der Waals surface area contributed by atoms with Crippen LogP contribution < -0.4 is 11.1 Å². The average molecular weight is 614 g/mol. The number of rotatable bonds is 5. The molecule has 1 fully saturated rings. The summed E-state index contributed by atoms with van der Waals surface area (Å²) < 4.78 is -1.66. The molecule has 12 heteroatoms. The van der Waals surface area contributed by atoms with Gasteiger partial charge in [0.1, 0.15) is 9.75 Å². The lowest BCUT2D eigenvalue weighted by molar-refractivity contribution is -0.120. The number of nitrogens with one attached hydrogen (secondary N) is 1. The van der Waals surface area contributed by atoms with Crippen LogP contribution in [0.25, 0.3) is 0 Å². The van der Waals surface area contributed by atoms with E-state index in [2.05, 4.69) is 5.32 Å². The summed E-state index contributed by atoms with van der Waals surface area (Å²) in [6.07, 6.45) is 0. The molecule has 3 aromatic carbocycles. The summed E-state index contributed by atoms with van der Waals surface area (Å²) in [4.78, 5) is 25.9. The number of nitrogens with two attached hydrogens (primary N) is 1. The van der Waals surface area contributed by atoms with Crippen LogP contribution in [0.15, 0.2) is 48.5 Å². The van der Waals surface area contributed by atoms with Crippen LogP contribution in [0.2, 0.25) is 25.1 Å². The second kappa shape index (κ2) is 9.38. The van der Waals surface area contributed by atoms with Crippen molar-refractivity contribution in [2.45, 2.75) is 15.7 Å². The number of anilines is 1. The molecule has 1 aliphatic rings. The van der Waals surface area contributed by atoms with Crippen molar-refractivity contribution in [3.63, 3.8) is 0 Å². The second-order valence-corrected chi connectivity index (χ2v) is 11.3. The van der Waals surface area contributed by atoms with Crippen molar-refractivity contribution in [2.24, 2.45) is 5.73 Å². The normalized spacial score (nSPS) is 20.4. The third-order valence-corrected chi connectivity index (χ3v) is 8.16. The van der Waals surface area contributed by atoms with Crippen LogP contribution in [0.5, 0.6) is 5.75 Å². The predicted molar refractivity (Wildman–Crippen MR) is 142 cm³/mol. The van der Waals surface area contributed by atoms with Crippen LogP contribution in [0.1, 0.15) is 27.4 Å². The van der Waals surface area contributed by atoms with Gasteiger partial charge in [-0.3, -0.25) is 9.59 Å². The van der Waals surface area contributed by atoms with Gasteiger partial charge in [0.15, 0.2) is 5.75 Å². The number of carbonyl (C=O) groups is 2. The van der Waals surface area contributed by atoms with E-state index in [4.69, 9.17) is 86.9 Å². The molecular weight excluding hydrogens is 600 g/mol. The highest BCUT2D eigenvalue weighted by Gasteiger charge is 2.80. The van der Waals surface area contributed by atoms with Gasteiger partial charge in [-0.05, 0) is 53.6 Å². The van der Waals surface area contributed by atoms with Crippen molar-refractivity contribution >= 4 is 98.7 Å². The Kier molecular flexibility index (Phi) is 7.10. The van der Waals surface area contributed by atoms with Crippen molar-refractivity contribution < 1.29 is 14.7 Å². The quantitative estimate of drug-likeness (QED) is 0.204. The fourth-order valence-electron chi connectivity index (χ4n) is 4.19. The topological polar surface area (TPSA) is 92.4 Å². The van der Waals surface area contributed by atoms with E-state index >= 15 is 0 Å². The number of hydrogen-bond donors (Lipinski definition) is 3. The molecule has 0 heterocycles. The Morgan fingerprint density at radius 1 is 0.857 bits per heavy atom. The molecule has 0 aliphatic heterocycles. The van der Waals surface area contributed by atoms with E-state index in [1.54, 1.807) is 12.1 Å². The minimum absolute atomic E-state index is 0.00372. The molecule has 2 amide bonds. The zero-order valence-electron chi connectivity index (χ0n) is 17.2. The van der Waals surface area contributed by atoms with E-state index in [0.29, 0.717) is 15.6 Å². The highest BCUT2D eigenvalue weighted by molar-refractivity contribution is 6.55. The van der Waals surface area contributed by atoms with E-state index < -0.39 is 27.5 Å². The maximum atomic E-state index is 13.1. The fourth-order valence-corrected chi connectivity index (χ4v) is 6.52. The van der Waals surface area contributed by atoms with Gasteiger partial charge in [0.25, 0.3) is 5.91 Å². The molecule has 3 aromatic rings. The largest absolute Gasteiger partial charge is 0.505 e. The number of alkyl halides is 2. The standard InChI is InChI=1S/C23H13Cl7N2O3/c24-11-3-9(4-12(25)6-11)19-22(21(31)35,23(19,29)30)10-1-2-15(26)14(5-10)20(34)32-13-7-16(27)18(33)17(28)8-13/h1-8,19,33H,(H2,31,35)(H,32,34). The Hall–Kier alpha value is -1.57. The lowest BCUT2D eigenvalue weighted by atomic mass is 9.88. The summed E-state index contributed by atoms with van der Waals surface area (Å²) >= 11 is 43.7. The molecule has 182 valence electrons. The minimum atomic E-state index is -1.66. The third kappa shape index (κ3) is 4.42. The molecule has 0 radical (unpaired) electrons. The van der Waals surface area contributed by atoms with Gasteiger partial charge < -0.3 is 16.2 Å². The highest BCUT2D eigenvalue weighted by atomic mass is 35.5. The van der Waals surface area contributed by atoms with Crippen LogP contribution >= 0.6 is 81.2 Å². The second-order valence-electron chi connectivity index (χ2n) is 7.87. The average Bonchev–Trinajstić information content (AvgIpc) is 3.28. The molecule has 0 bridgehead atoms. The SMILES string of the molecule is NC(=O)C1(c2ccc(Cl)c(C(=O)Nc3cc(Cl)c(O)c(Cl)c3)c2)C(c2cc(Cl)cc(Cl)c2)C1(Cl)Cl. The molecule has 5 nitrogen and oxygen atoms in total. The van der Waals surface area contributed by atoms with E-state index in [0.717, 1.165) is 0 Å². The zero-order valence-corrected chi connectivity index (χ0v) is 22.5. The van der Waals surface area contributed by atoms with Gasteiger partial charge in [0.05, 0.1) is 20.6 Å². The number of amides is 2. The molecule has 1 aliphatic carbocycles. The number of carbonyl (C=O) groups excluding carboxylic acids is 2. The number of halogens is 7. The van der Waals surface area contributed by atoms with Gasteiger partial charge >= 0.3 is 0 Å². The molecule has 35 heavy (non-hydrogen) atoms. The predicted octanol–water partition coefficient (Wildman–Crippen LogP) is 7.61. The number of hydrogen-bond acceptors (Lipinski definition) is 3. The summed E-state index contributed by atoms with van der Waals surface area (Å²) in [5.41, 5.74) is 5.20. The smallest absolute Gasteiger partial charge is 0.257 e. The Bertz CT molecular complexity index is 1350. The third-order valence-electron chi connectivity index (χ3n) is 5.79. The van der Waals surface area contributed by atoms with Crippen LogP contribution in [-0.4, -0.2) is 21.3 Å². The maximum absolute atomic E-state index is 13.1. The van der Waals surface area contributed by atoms with Crippen LogP contribution in [0.4, 0.5) is 5.69 Å². The van der Waals surface area contributed by atoms with Crippen molar-refractivity contribution in [2.75, 3.05) is 5.32 Å². The minimum Gasteiger partial charge on any atom is -0.505 e. The number of aromatic hydroxyl groups is 1. The Morgan fingerprint density at radius 3 is 1.97 bits per heavy atom. The molecule has 2 unspecified atom stereocenters. The number of phenols is 1. The fraction of sp³-hybridized carbons (Fsp3) is 0.130. The van der Waals surface area contributed by atoms with Crippen molar-refractivity contribution in [1.82, 2.24) is 0 Å². The summed E-state index contributed by atoms with van der Waals surface area (Å²) in [5, 5.41) is 12.9. The van der Waals surface area contributed by atoms with E-state index in [-0.39, 0.29) is 37.6 Å². The van der Waals surface area contributed by atoms with Crippen molar-refractivity contribution in [3.05, 3.63) is 90.3 Å². The lowest BCUT2D eigenvalue weighted by Crippen LogP contribution is -2.34. The first-order chi connectivity index (χ1) is 16.3. The molecule has 4 N–H and O–H groups in total. The van der Waals surface area contributed by atoms with Gasteiger partial charge in [-0.25, -0.2) is 0 Å². The molecule has 1 saturated carbocycles. The van der Waals surface area contributed by atoms with Gasteiger partial charge in [-0.2, -0.15) is 0 Å². The first-order valence-electron chi connectivity index (χ1n) is 9.73. The van der Waals surface area contributed by atoms with Gasteiger partial charge in [0, 0.05) is 21.7 Å². The Morgan fingerprint density at radius 2 is 1.43 bits per heavy atom. The number of primary amides is 1. The summed E-state index contributed by atoms with van der Waals surface area (Å²) in [6, 6.07) is 11.7. The van der Waals surface area contributed by atoms with Crippen molar-refractivity contribution in [3.8, 4) is 5.75 Å². The lowest BCUT2D eigenvalue weighted by Gasteiger charge is -2.17. The van der Waals surface area contributed by atoms with E-state index in [1.165, 1.54) is 36.4 Å². The van der Waals surface area contributed by atoms with E-state index in [1.807, 2.05) is 0 Å². The Labute approximate surface area is 234 Å². The highest BCUT2D eigenvalue weighted by Crippen LogP contribution is 2.74. The van der Waals surface area contributed by atoms with Crippen molar-refractivity contribution in [1.29, 1.82) is 0 Å². The molecule has 0 saturated heterocycles. The van der Waals surface area contributed by atoms with Crippen LogP contribution in [0, 0.1) is 0 Å². The zero-order chi connectivity index (χ0) is 25.9. The van der Waals surface area contributed by atoms with Gasteiger partial charge in [-0.15, -0.1) is 0 Å². The van der Waals surface area contributed by atoms with Crippen LogP contribution in [0.3, 0.4) is 0 Å². The molecule has 0 spiro atoms. The molecular formula is C23H13Cl7N2O3. The molecule has 0 aromatic heterocycles. The maximum Gasteiger partial charge on any atom is 0.257 e. The summed E-state index contributed by atoms with van der Waals surface area (Å²) in [7, 11) is 0. The first-order valence-corrected chi connectivity index (χ1v) is 12.4. The first kappa shape index (κ1) is 26.5. The van der Waals surface area contributed by atoms with E-state index in [9.17, 15) is 14.7 Å². The molecule has 4 rings (SSSR count). The Balaban J connectivity index is 1.77. The van der Waals surface area contributed by atoms with Gasteiger partial charge in [-0.1, -0.05) is 87.3 Å².